The van der Waals surface area contributed by atoms with Crippen LogP contribution in [-0.4, -0.2) is 67.9 Å². The Bertz CT molecular complexity index is 534. The first kappa shape index (κ1) is 17.2. The van der Waals surface area contributed by atoms with Crippen molar-refractivity contribution in [2.45, 2.75) is 38.6 Å². The molecular weight excluding hydrogens is 306 g/mol. The summed E-state index contributed by atoms with van der Waals surface area (Å²) in [6.45, 7) is 3.56. The summed E-state index contributed by atoms with van der Waals surface area (Å²) >= 11 is 0. The average molecular weight is 331 g/mol. The molecule has 0 aromatic heterocycles. The lowest BCUT2D eigenvalue weighted by atomic mass is 9.96. The number of likely N-dealkylation sites (tertiary alicyclic amines) is 1. The molecule has 0 saturated carbocycles. The molecule has 1 N–H and O–H groups in total. The molecule has 2 saturated heterocycles. The van der Waals surface area contributed by atoms with Gasteiger partial charge in [0.15, 0.2) is 0 Å². The van der Waals surface area contributed by atoms with Crippen LogP contribution in [0.4, 0.5) is 0 Å². The lowest BCUT2D eigenvalue weighted by Crippen LogP contribution is -2.52. The topological polar surface area (TPSA) is 86.8 Å². The fourth-order valence-electron chi connectivity index (χ4n) is 3.16. The van der Waals surface area contributed by atoms with Crippen molar-refractivity contribution < 1.29 is 18.0 Å². The van der Waals surface area contributed by atoms with E-state index in [-0.39, 0.29) is 23.8 Å². The Labute approximate surface area is 132 Å². The van der Waals surface area contributed by atoms with E-state index in [4.69, 9.17) is 0 Å². The van der Waals surface area contributed by atoms with Gasteiger partial charge in [-0.2, -0.15) is 0 Å². The van der Waals surface area contributed by atoms with Gasteiger partial charge >= 0.3 is 0 Å². The van der Waals surface area contributed by atoms with E-state index in [9.17, 15) is 18.0 Å². The fourth-order valence-corrected chi connectivity index (χ4v) is 4.07. The number of rotatable bonds is 3. The minimum atomic E-state index is -3.21. The van der Waals surface area contributed by atoms with Gasteiger partial charge in [0, 0.05) is 39.1 Å². The molecule has 8 heteroatoms. The molecular formula is C14H25N3O4S. The van der Waals surface area contributed by atoms with Crippen molar-refractivity contribution in [3.63, 3.8) is 0 Å². The molecule has 2 amide bonds. The lowest BCUT2D eigenvalue weighted by molar-refractivity contribution is -0.134. The number of nitrogens with zero attached hydrogens (tertiary/aromatic N) is 2. The van der Waals surface area contributed by atoms with Gasteiger partial charge in [-0.25, -0.2) is 12.7 Å². The van der Waals surface area contributed by atoms with Crippen LogP contribution in [0.15, 0.2) is 0 Å². The van der Waals surface area contributed by atoms with Gasteiger partial charge in [-0.15, -0.1) is 0 Å². The Morgan fingerprint density at radius 3 is 2.41 bits per heavy atom. The first-order chi connectivity index (χ1) is 10.3. The maximum Gasteiger partial charge on any atom is 0.225 e. The minimum absolute atomic E-state index is 0.00146. The summed E-state index contributed by atoms with van der Waals surface area (Å²) in [5.41, 5.74) is 0. The quantitative estimate of drug-likeness (QED) is 0.775. The van der Waals surface area contributed by atoms with Gasteiger partial charge in [-0.3, -0.25) is 9.59 Å². The van der Waals surface area contributed by atoms with Crippen LogP contribution in [0.2, 0.25) is 0 Å². The number of amides is 2. The van der Waals surface area contributed by atoms with Crippen molar-refractivity contribution in [2.75, 3.05) is 32.4 Å². The molecule has 0 radical (unpaired) electrons. The highest BCUT2D eigenvalue weighted by molar-refractivity contribution is 7.88. The molecule has 7 nitrogen and oxygen atoms in total. The van der Waals surface area contributed by atoms with E-state index in [0.29, 0.717) is 26.2 Å². The maximum absolute atomic E-state index is 12.4. The monoisotopic (exact) mass is 331 g/mol. The molecule has 2 heterocycles. The van der Waals surface area contributed by atoms with Gasteiger partial charge in [0.1, 0.15) is 0 Å². The molecule has 126 valence electrons. The summed E-state index contributed by atoms with van der Waals surface area (Å²) in [7, 11) is -3.21. The van der Waals surface area contributed by atoms with E-state index in [1.165, 1.54) is 17.5 Å². The second-order valence-corrected chi connectivity index (χ2v) is 8.26. The zero-order valence-corrected chi connectivity index (χ0v) is 14.1. The highest BCUT2D eigenvalue weighted by Crippen LogP contribution is 2.18. The highest BCUT2D eigenvalue weighted by atomic mass is 32.2. The second-order valence-electron chi connectivity index (χ2n) is 6.27. The van der Waals surface area contributed by atoms with Crippen LogP contribution >= 0.6 is 0 Å². The van der Waals surface area contributed by atoms with Gasteiger partial charge in [0.2, 0.25) is 21.8 Å². The summed E-state index contributed by atoms with van der Waals surface area (Å²) in [5, 5.41) is 2.97. The molecule has 2 unspecified atom stereocenters. The molecule has 2 aliphatic rings. The summed E-state index contributed by atoms with van der Waals surface area (Å²) < 4.78 is 24.6. The van der Waals surface area contributed by atoms with Crippen molar-refractivity contribution in [1.82, 2.24) is 14.5 Å². The Balaban J connectivity index is 1.90. The summed E-state index contributed by atoms with van der Waals surface area (Å²) in [6, 6.07) is -0.135. The molecule has 2 fully saturated rings. The van der Waals surface area contributed by atoms with Crippen molar-refractivity contribution in [2.24, 2.45) is 5.92 Å². The van der Waals surface area contributed by atoms with E-state index in [1.807, 2.05) is 0 Å². The predicted octanol–water partition coefficient (Wildman–Crippen LogP) is -0.215. The molecule has 2 rings (SSSR count). The zero-order chi connectivity index (χ0) is 16.3. The standard InChI is InChI=1S/C14H25N3O4S/c1-11(18)16-7-3-5-12(9-16)14(19)15-13-6-4-8-17(10-13)22(2,20)21/h12-13H,3-10H2,1-2H3,(H,15,19). The Kier molecular flexibility index (Phi) is 5.44. The van der Waals surface area contributed by atoms with Crippen LogP contribution < -0.4 is 5.32 Å². The molecule has 0 bridgehead atoms. The van der Waals surface area contributed by atoms with Crippen LogP contribution in [-0.2, 0) is 19.6 Å². The van der Waals surface area contributed by atoms with E-state index < -0.39 is 10.0 Å². The summed E-state index contributed by atoms with van der Waals surface area (Å²) in [4.78, 5) is 25.5. The van der Waals surface area contributed by atoms with Gasteiger partial charge < -0.3 is 10.2 Å². The molecule has 0 aromatic carbocycles. The zero-order valence-electron chi connectivity index (χ0n) is 13.2. The van der Waals surface area contributed by atoms with Crippen molar-refractivity contribution in [3.8, 4) is 0 Å². The number of hydrogen-bond acceptors (Lipinski definition) is 4. The normalized spacial score (nSPS) is 27.5. The average Bonchev–Trinajstić information content (AvgIpc) is 2.46. The van der Waals surface area contributed by atoms with Crippen molar-refractivity contribution >= 4 is 21.8 Å². The number of sulfonamides is 1. The largest absolute Gasteiger partial charge is 0.352 e. The molecule has 22 heavy (non-hydrogen) atoms. The second kappa shape index (κ2) is 6.95. The predicted molar refractivity (Wildman–Crippen MR) is 82.6 cm³/mol. The molecule has 2 aliphatic heterocycles. The SMILES string of the molecule is CC(=O)N1CCCC(C(=O)NC2CCCN(S(C)(=O)=O)C2)C1. The first-order valence-corrected chi connectivity index (χ1v) is 9.63. The highest BCUT2D eigenvalue weighted by Gasteiger charge is 2.31. The van der Waals surface area contributed by atoms with E-state index in [0.717, 1.165) is 25.7 Å². The fraction of sp³-hybridized carbons (Fsp3) is 0.857. The van der Waals surface area contributed by atoms with E-state index in [1.54, 1.807) is 4.90 Å². The van der Waals surface area contributed by atoms with Crippen LogP contribution in [0.25, 0.3) is 0 Å². The Morgan fingerprint density at radius 1 is 1.09 bits per heavy atom. The van der Waals surface area contributed by atoms with Gasteiger partial charge in [-0.1, -0.05) is 0 Å². The van der Waals surface area contributed by atoms with Crippen molar-refractivity contribution in [1.29, 1.82) is 0 Å². The minimum Gasteiger partial charge on any atom is -0.352 e. The lowest BCUT2D eigenvalue weighted by Gasteiger charge is -2.35. The molecule has 0 aliphatic carbocycles. The van der Waals surface area contributed by atoms with Crippen molar-refractivity contribution in [3.05, 3.63) is 0 Å². The summed E-state index contributed by atoms with van der Waals surface area (Å²) in [5.74, 6) is -0.254. The third-order valence-corrected chi connectivity index (χ3v) is 5.71. The van der Waals surface area contributed by atoms with Gasteiger partial charge in [0.25, 0.3) is 0 Å². The van der Waals surface area contributed by atoms with Crippen LogP contribution in [0.1, 0.15) is 32.6 Å². The smallest absolute Gasteiger partial charge is 0.225 e. The Morgan fingerprint density at radius 2 is 1.77 bits per heavy atom. The third-order valence-electron chi connectivity index (χ3n) is 4.44. The number of hydrogen-bond donors (Lipinski definition) is 1. The van der Waals surface area contributed by atoms with Crippen LogP contribution in [0.3, 0.4) is 0 Å². The number of carbonyl (C=O) groups is 2. The summed E-state index contributed by atoms with van der Waals surface area (Å²) in [6.07, 6.45) is 4.35. The van der Waals surface area contributed by atoms with Crippen LogP contribution in [0.5, 0.6) is 0 Å². The maximum atomic E-state index is 12.4. The molecule has 0 aromatic rings. The number of nitrogens with one attached hydrogen (secondary N) is 1. The number of piperidine rings is 2. The van der Waals surface area contributed by atoms with Crippen LogP contribution in [0, 0.1) is 5.92 Å². The Hall–Kier alpha value is -1.15. The van der Waals surface area contributed by atoms with Gasteiger partial charge in [0.05, 0.1) is 12.2 Å². The molecule has 2 atom stereocenters. The molecule has 0 spiro atoms. The first-order valence-electron chi connectivity index (χ1n) is 7.78. The van der Waals surface area contributed by atoms with Gasteiger partial charge in [-0.05, 0) is 25.7 Å². The van der Waals surface area contributed by atoms with E-state index >= 15 is 0 Å². The third kappa shape index (κ3) is 4.42. The van der Waals surface area contributed by atoms with E-state index in [2.05, 4.69) is 5.32 Å². The number of carbonyl (C=O) groups excluding carboxylic acids is 2.